The van der Waals surface area contributed by atoms with Crippen LogP contribution in [0.3, 0.4) is 0 Å². The molecule has 27 heavy (non-hydrogen) atoms. The van der Waals surface area contributed by atoms with Gasteiger partial charge in [0.1, 0.15) is 0 Å². The highest BCUT2D eigenvalue weighted by Gasteiger charge is 2.08. The minimum absolute atomic E-state index is 0.103. The first kappa shape index (κ1) is 25.8. The van der Waals surface area contributed by atoms with E-state index >= 15 is 0 Å². The largest absolute Gasteiger partial charge is 0.466 e. The molecule has 0 aliphatic heterocycles. The molecule has 5 nitrogen and oxygen atoms in total. The van der Waals surface area contributed by atoms with Crippen LogP contribution in [0.1, 0.15) is 74.1 Å². The number of esters is 1. The van der Waals surface area contributed by atoms with Crippen LogP contribution in [0.4, 0.5) is 0 Å². The van der Waals surface area contributed by atoms with Gasteiger partial charge < -0.3 is 4.74 Å². The Balaban J connectivity index is 4.49. The third-order valence-electron chi connectivity index (χ3n) is 4.16. The molecular formula is C22H43N3O2. The average molecular weight is 382 g/mol. The first-order chi connectivity index (χ1) is 12.7. The smallest absolute Gasteiger partial charge is 0.305 e. The number of carbonyl (C=O) groups excluding carboxylic acids is 1. The molecule has 0 rings (SSSR count). The van der Waals surface area contributed by atoms with Gasteiger partial charge in [-0.2, -0.15) is 0 Å². The Morgan fingerprint density at radius 2 is 1.37 bits per heavy atom. The maximum atomic E-state index is 11.6. The molecule has 0 unspecified atom stereocenters. The maximum Gasteiger partial charge on any atom is 0.305 e. The molecule has 0 atom stereocenters. The van der Waals surface area contributed by atoms with Crippen molar-refractivity contribution in [1.29, 1.82) is 0 Å². The predicted molar refractivity (Wildman–Crippen MR) is 117 cm³/mol. The first-order valence-corrected chi connectivity index (χ1v) is 10.6. The molecule has 5 heteroatoms. The van der Waals surface area contributed by atoms with Crippen LogP contribution in [0.25, 0.3) is 0 Å². The summed E-state index contributed by atoms with van der Waals surface area (Å²) in [6.45, 7) is 19.8. The summed E-state index contributed by atoms with van der Waals surface area (Å²) in [5.41, 5.74) is 2.45. The van der Waals surface area contributed by atoms with Gasteiger partial charge in [-0.15, -0.1) is 0 Å². The molecule has 0 saturated heterocycles. The molecule has 0 spiro atoms. The zero-order valence-corrected chi connectivity index (χ0v) is 18.9. The number of hydrogen-bond acceptors (Lipinski definition) is 5. The third-order valence-corrected chi connectivity index (χ3v) is 4.16. The topological polar surface area (TPSA) is 54.3 Å². The van der Waals surface area contributed by atoms with Crippen molar-refractivity contribution >= 4 is 17.4 Å². The van der Waals surface area contributed by atoms with Crippen molar-refractivity contribution in [3.05, 3.63) is 0 Å². The Morgan fingerprint density at radius 3 is 1.78 bits per heavy atom. The van der Waals surface area contributed by atoms with Gasteiger partial charge in [0.25, 0.3) is 0 Å². The van der Waals surface area contributed by atoms with Gasteiger partial charge in [0.05, 0.1) is 19.7 Å². The van der Waals surface area contributed by atoms with Crippen molar-refractivity contribution in [2.45, 2.75) is 74.1 Å². The van der Waals surface area contributed by atoms with Crippen LogP contribution >= 0.6 is 0 Å². The second kappa shape index (κ2) is 15.8. The average Bonchev–Trinajstić information content (AvgIpc) is 2.53. The van der Waals surface area contributed by atoms with Crippen LogP contribution in [0.5, 0.6) is 0 Å². The molecule has 158 valence electrons. The number of carbonyl (C=O) groups is 1. The Hall–Kier alpha value is -1.23. The second-order valence-corrected chi connectivity index (χ2v) is 8.18. The highest BCUT2D eigenvalue weighted by atomic mass is 16.5. The molecule has 0 aromatic carbocycles. The summed E-state index contributed by atoms with van der Waals surface area (Å²) in [6.07, 6.45) is 3.42. The van der Waals surface area contributed by atoms with E-state index in [9.17, 15) is 4.79 Å². The summed E-state index contributed by atoms with van der Waals surface area (Å²) in [5.74, 6) is 1.19. The molecule has 0 aromatic rings. The molecular weight excluding hydrogens is 338 g/mol. The van der Waals surface area contributed by atoms with Gasteiger partial charge in [-0.3, -0.25) is 19.7 Å². The van der Waals surface area contributed by atoms with Gasteiger partial charge in [-0.25, -0.2) is 0 Å². The van der Waals surface area contributed by atoms with Gasteiger partial charge in [-0.1, -0.05) is 27.7 Å². The van der Waals surface area contributed by atoms with E-state index in [0.717, 1.165) is 52.0 Å². The third kappa shape index (κ3) is 16.7. The first-order valence-electron chi connectivity index (χ1n) is 10.6. The molecule has 0 aromatic heterocycles. The zero-order valence-electron chi connectivity index (χ0n) is 18.9. The van der Waals surface area contributed by atoms with E-state index in [-0.39, 0.29) is 5.97 Å². The summed E-state index contributed by atoms with van der Waals surface area (Å²) in [7, 11) is 0. The molecule has 0 bridgehead atoms. The zero-order chi connectivity index (χ0) is 20.7. The summed E-state index contributed by atoms with van der Waals surface area (Å²) in [4.78, 5) is 23.3. The van der Waals surface area contributed by atoms with Crippen molar-refractivity contribution in [2.24, 2.45) is 21.8 Å². The van der Waals surface area contributed by atoms with E-state index in [4.69, 9.17) is 14.7 Å². The van der Waals surface area contributed by atoms with E-state index in [1.54, 1.807) is 0 Å². The fourth-order valence-corrected chi connectivity index (χ4v) is 3.09. The van der Waals surface area contributed by atoms with E-state index < -0.39 is 0 Å². The standard InChI is InChI=1S/C22H43N3O2/c1-8-27-22(26)10-9-13-25(14-11-23-20(6)16-18(2)3)15-12-24-21(7)17-19(4)5/h18-19H,8-17H2,1-7H3. The van der Waals surface area contributed by atoms with Crippen molar-refractivity contribution in [1.82, 2.24) is 4.90 Å². The molecule has 0 heterocycles. The quantitative estimate of drug-likeness (QED) is 0.306. The van der Waals surface area contributed by atoms with Crippen molar-refractivity contribution in [3.63, 3.8) is 0 Å². The lowest BCUT2D eigenvalue weighted by molar-refractivity contribution is -0.143. The minimum Gasteiger partial charge on any atom is -0.466 e. The normalized spacial score (nSPS) is 13.1. The van der Waals surface area contributed by atoms with Gasteiger partial charge in [0.2, 0.25) is 0 Å². The number of rotatable bonds is 15. The Morgan fingerprint density at radius 1 is 0.889 bits per heavy atom. The lowest BCUT2D eigenvalue weighted by Crippen LogP contribution is -2.31. The summed E-state index contributed by atoms with van der Waals surface area (Å²) < 4.78 is 5.02. The minimum atomic E-state index is -0.103. The van der Waals surface area contributed by atoms with Gasteiger partial charge in [0, 0.05) is 30.9 Å². The fourth-order valence-electron chi connectivity index (χ4n) is 3.09. The molecule has 0 aliphatic carbocycles. The van der Waals surface area contributed by atoms with E-state index in [0.29, 0.717) is 24.9 Å². The van der Waals surface area contributed by atoms with Crippen molar-refractivity contribution in [2.75, 3.05) is 39.3 Å². The molecule has 0 N–H and O–H groups in total. The molecule has 0 saturated carbocycles. The Bertz CT molecular complexity index is 426. The van der Waals surface area contributed by atoms with E-state index in [1.165, 1.54) is 11.4 Å². The number of hydrogen-bond donors (Lipinski definition) is 0. The van der Waals surface area contributed by atoms with E-state index in [1.807, 2.05) is 6.92 Å². The highest BCUT2D eigenvalue weighted by molar-refractivity contribution is 5.82. The predicted octanol–water partition coefficient (Wildman–Crippen LogP) is 4.65. The monoisotopic (exact) mass is 381 g/mol. The van der Waals surface area contributed by atoms with Crippen LogP contribution in [0.2, 0.25) is 0 Å². The molecule has 0 amide bonds. The second-order valence-electron chi connectivity index (χ2n) is 8.18. The van der Waals surface area contributed by atoms with Crippen LogP contribution in [-0.2, 0) is 9.53 Å². The van der Waals surface area contributed by atoms with Gasteiger partial charge >= 0.3 is 5.97 Å². The number of ether oxygens (including phenoxy) is 1. The summed E-state index contributed by atoms with van der Waals surface area (Å²) in [6, 6.07) is 0. The number of nitrogens with zero attached hydrogens (tertiary/aromatic N) is 3. The summed E-state index contributed by atoms with van der Waals surface area (Å²) >= 11 is 0. The van der Waals surface area contributed by atoms with Crippen molar-refractivity contribution < 1.29 is 9.53 Å². The van der Waals surface area contributed by atoms with Crippen LogP contribution in [0, 0.1) is 11.8 Å². The Labute approximate surface area is 167 Å². The van der Waals surface area contributed by atoms with Crippen LogP contribution in [-0.4, -0.2) is 61.6 Å². The van der Waals surface area contributed by atoms with Gasteiger partial charge in [-0.05, 0) is 58.4 Å². The SMILES string of the molecule is CCOC(=O)CCCN(CCN=C(C)CC(C)C)CCN=C(C)CC(C)C. The number of aliphatic imine (C=N–C) groups is 2. The molecule has 0 aliphatic rings. The lowest BCUT2D eigenvalue weighted by atomic mass is 10.1. The fraction of sp³-hybridized carbons (Fsp3) is 0.864. The Kier molecular flexibility index (Phi) is 15.1. The lowest BCUT2D eigenvalue weighted by Gasteiger charge is -2.21. The molecule has 0 fully saturated rings. The van der Waals surface area contributed by atoms with Gasteiger partial charge in [0.15, 0.2) is 0 Å². The molecule has 0 radical (unpaired) electrons. The highest BCUT2D eigenvalue weighted by Crippen LogP contribution is 2.04. The van der Waals surface area contributed by atoms with Crippen molar-refractivity contribution in [3.8, 4) is 0 Å². The van der Waals surface area contributed by atoms with E-state index in [2.05, 4.69) is 46.4 Å². The summed E-state index contributed by atoms with van der Waals surface area (Å²) in [5, 5.41) is 0. The van der Waals surface area contributed by atoms with Crippen LogP contribution < -0.4 is 0 Å². The van der Waals surface area contributed by atoms with Crippen LogP contribution in [0.15, 0.2) is 9.98 Å². The maximum absolute atomic E-state index is 11.6.